The Bertz CT molecular complexity index is 539. The molecule has 0 aliphatic rings. The van der Waals surface area contributed by atoms with Gasteiger partial charge in [0.1, 0.15) is 11.5 Å². The summed E-state index contributed by atoms with van der Waals surface area (Å²) in [5.41, 5.74) is 1.15. The summed E-state index contributed by atoms with van der Waals surface area (Å²) < 4.78 is 5.49. The molecule has 92 valence electrons. The molecule has 0 radical (unpaired) electrons. The number of hydrogen-bond acceptors (Lipinski definition) is 3. The fourth-order valence-corrected chi connectivity index (χ4v) is 1.88. The number of nitriles is 1. The van der Waals surface area contributed by atoms with Crippen molar-refractivity contribution in [3.63, 3.8) is 0 Å². The van der Waals surface area contributed by atoms with Crippen LogP contribution < -0.4 is 5.32 Å². The Morgan fingerprint density at radius 1 is 1.17 bits per heavy atom. The van der Waals surface area contributed by atoms with Crippen molar-refractivity contribution in [2.24, 2.45) is 0 Å². The number of nitrogens with zero attached hydrogens (tertiary/aromatic N) is 1. The largest absolute Gasteiger partial charge is 0.464 e. The van der Waals surface area contributed by atoms with E-state index in [9.17, 15) is 5.26 Å². The van der Waals surface area contributed by atoms with Crippen LogP contribution in [0.1, 0.15) is 36.1 Å². The van der Waals surface area contributed by atoms with Crippen LogP contribution in [0, 0.1) is 18.3 Å². The Balaban J connectivity index is 2.10. The average molecular weight is 240 g/mol. The number of aryl methyl sites for hydroxylation is 1. The summed E-state index contributed by atoms with van der Waals surface area (Å²) in [6, 6.07) is 15.7. The monoisotopic (exact) mass is 240 g/mol. The van der Waals surface area contributed by atoms with Crippen LogP contribution in [0.15, 0.2) is 46.9 Å². The molecule has 0 bridgehead atoms. The Morgan fingerprint density at radius 2 is 1.89 bits per heavy atom. The lowest BCUT2D eigenvalue weighted by molar-refractivity contribution is 0.418. The van der Waals surface area contributed by atoms with Crippen molar-refractivity contribution in [2.45, 2.75) is 25.9 Å². The molecule has 1 N–H and O–H groups in total. The predicted molar refractivity (Wildman–Crippen MR) is 69.8 cm³/mol. The van der Waals surface area contributed by atoms with Gasteiger partial charge in [0.15, 0.2) is 6.04 Å². The van der Waals surface area contributed by atoms with E-state index in [1.807, 2.05) is 56.3 Å². The van der Waals surface area contributed by atoms with Gasteiger partial charge in [0, 0.05) is 6.04 Å². The van der Waals surface area contributed by atoms with Gasteiger partial charge >= 0.3 is 0 Å². The maximum absolute atomic E-state index is 9.21. The second kappa shape index (κ2) is 5.52. The van der Waals surface area contributed by atoms with Gasteiger partial charge in [-0.05, 0) is 31.5 Å². The van der Waals surface area contributed by atoms with Crippen LogP contribution >= 0.6 is 0 Å². The van der Waals surface area contributed by atoms with Crippen LogP contribution in [0.5, 0.6) is 0 Å². The minimum absolute atomic E-state index is 0.0984. The van der Waals surface area contributed by atoms with Gasteiger partial charge in [-0.15, -0.1) is 0 Å². The molecule has 0 spiro atoms. The van der Waals surface area contributed by atoms with E-state index in [1.165, 1.54) is 0 Å². The zero-order valence-corrected chi connectivity index (χ0v) is 10.6. The van der Waals surface area contributed by atoms with Crippen molar-refractivity contribution in [3.05, 3.63) is 59.5 Å². The van der Waals surface area contributed by atoms with E-state index in [-0.39, 0.29) is 6.04 Å². The molecule has 18 heavy (non-hydrogen) atoms. The highest BCUT2D eigenvalue weighted by atomic mass is 16.3. The summed E-state index contributed by atoms with van der Waals surface area (Å²) in [7, 11) is 0. The molecule has 1 heterocycles. The lowest BCUT2D eigenvalue weighted by Crippen LogP contribution is -2.23. The number of furan rings is 1. The molecule has 3 nitrogen and oxygen atoms in total. The van der Waals surface area contributed by atoms with Gasteiger partial charge in [0.25, 0.3) is 0 Å². The molecule has 3 heteroatoms. The molecule has 0 saturated carbocycles. The highest BCUT2D eigenvalue weighted by Gasteiger charge is 2.17. The molecule has 0 amide bonds. The van der Waals surface area contributed by atoms with Gasteiger partial charge in [-0.2, -0.15) is 5.26 Å². The van der Waals surface area contributed by atoms with E-state index in [1.54, 1.807) is 0 Å². The third-order valence-electron chi connectivity index (χ3n) is 2.89. The van der Waals surface area contributed by atoms with Crippen LogP contribution in [-0.2, 0) is 0 Å². The van der Waals surface area contributed by atoms with E-state index in [2.05, 4.69) is 11.4 Å². The second-order valence-corrected chi connectivity index (χ2v) is 4.31. The average Bonchev–Trinajstić information content (AvgIpc) is 2.83. The standard InChI is InChI=1S/C15H16N2O/c1-11-8-9-15(18-11)14(10-16)17-12(2)13-6-4-3-5-7-13/h3-9,12,14,17H,1-2H3/t12-,14-/m1/s1. The van der Waals surface area contributed by atoms with Crippen molar-refractivity contribution in [1.82, 2.24) is 5.32 Å². The molecular weight excluding hydrogens is 224 g/mol. The van der Waals surface area contributed by atoms with Gasteiger partial charge in [0.2, 0.25) is 0 Å². The van der Waals surface area contributed by atoms with Crippen molar-refractivity contribution >= 4 is 0 Å². The third-order valence-corrected chi connectivity index (χ3v) is 2.89. The van der Waals surface area contributed by atoms with E-state index >= 15 is 0 Å². The maximum Gasteiger partial charge on any atom is 0.154 e. The van der Waals surface area contributed by atoms with E-state index in [0.717, 1.165) is 11.3 Å². The normalized spacial score (nSPS) is 13.8. The zero-order chi connectivity index (χ0) is 13.0. The first-order chi connectivity index (χ1) is 8.70. The van der Waals surface area contributed by atoms with Gasteiger partial charge < -0.3 is 4.42 Å². The highest BCUT2D eigenvalue weighted by molar-refractivity contribution is 5.21. The maximum atomic E-state index is 9.21. The molecule has 2 aromatic rings. The molecule has 0 aliphatic carbocycles. The topological polar surface area (TPSA) is 49.0 Å². The first-order valence-corrected chi connectivity index (χ1v) is 5.97. The number of rotatable bonds is 4. The Labute approximate surface area is 107 Å². The van der Waals surface area contributed by atoms with Gasteiger partial charge in [-0.1, -0.05) is 30.3 Å². The first kappa shape index (κ1) is 12.4. The van der Waals surface area contributed by atoms with E-state index in [0.29, 0.717) is 5.76 Å². The molecule has 2 atom stereocenters. The first-order valence-electron chi connectivity index (χ1n) is 5.97. The predicted octanol–water partition coefficient (Wildman–Crippen LogP) is 3.50. The smallest absolute Gasteiger partial charge is 0.154 e. The van der Waals surface area contributed by atoms with Crippen molar-refractivity contribution in [2.75, 3.05) is 0 Å². The van der Waals surface area contributed by atoms with Gasteiger partial charge in [0.05, 0.1) is 6.07 Å². The molecule has 0 saturated heterocycles. The summed E-state index contributed by atoms with van der Waals surface area (Å²) in [5, 5.41) is 12.5. The second-order valence-electron chi connectivity index (χ2n) is 4.31. The van der Waals surface area contributed by atoms with E-state index in [4.69, 9.17) is 4.42 Å². The van der Waals surface area contributed by atoms with Gasteiger partial charge in [-0.25, -0.2) is 0 Å². The quantitative estimate of drug-likeness (QED) is 0.889. The van der Waals surface area contributed by atoms with Crippen LogP contribution in [0.3, 0.4) is 0 Å². The molecule has 0 unspecified atom stereocenters. The summed E-state index contributed by atoms with van der Waals surface area (Å²) in [6.45, 7) is 3.91. The number of nitrogens with one attached hydrogen (secondary N) is 1. The summed E-state index contributed by atoms with van der Waals surface area (Å²) in [6.07, 6.45) is 0. The minimum atomic E-state index is -0.422. The number of benzene rings is 1. The molecule has 0 fully saturated rings. The summed E-state index contributed by atoms with van der Waals surface area (Å²) >= 11 is 0. The summed E-state index contributed by atoms with van der Waals surface area (Å²) in [5.74, 6) is 1.48. The molecule has 1 aromatic carbocycles. The van der Waals surface area contributed by atoms with Crippen LogP contribution in [0.2, 0.25) is 0 Å². The zero-order valence-electron chi connectivity index (χ0n) is 10.6. The Morgan fingerprint density at radius 3 is 2.44 bits per heavy atom. The Hall–Kier alpha value is -2.05. The van der Waals surface area contributed by atoms with E-state index < -0.39 is 6.04 Å². The number of hydrogen-bond donors (Lipinski definition) is 1. The molecular formula is C15H16N2O. The highest BCUT2D eigenvalue weighted by Crippen LogP contribution is 2.20. The van der Waals surface area contributed by atoms with Crippen molar-refractivity contribution in [3.8, 4) is 6.07 Å². The van der Waals surface area contributed by atoms with Crippen LogP contribution in [0.25, 0.3) is 0 Å². The molecule has 0 aliphatic heterocycles. The lowest BCUT2D eigenvalue weighted by Gasteiger charge is -2.17. The van der Waals surface area contributed by atoms with Crippen LogP contribution in [0.4, 0.5) is 0 Å². The Kier molecular flexibility index (Phi) is 3.81. The van der Waals surface area contributed by atoms with Gasteiger partial charge in [-0.3, -0.25) is 5.32 Å². The molecule has 1 aromatic heterocycles. The summed E-state index contributed by atoms with van der Waals surface area (Å²) in [4.78, 5) is 0. The third kappa shape index (κ3) is 2.79. The minimum Gasteiger partial charge on any atom is -0.464 e. The fraction of sp³-hybridized carbons (Fsp3) is 0.267. The molecule has 2 rings (SSSR count). The SMILES string of the molecule is Cc1ccc([C@@H](C#N)N[C@H](C)c2ccccc2)o1. The fourth-order valence-electron chi connectivity index (χ4n) is 1.88. The van der Waals surface area contributed by atoms with Crippen LogP contribution in [-0.4, -0.2) is 0 Å². The van der Waals surface area contributed by atoms with Crippen molar-refractivity contribution in [1.29, 1.82) is 5.26 Å². The van der Waals surface area contributed by atoms with Crippen molar-refractivity contribution < 1.29 is 4.42 Å². The lowest BCUT2D eigenvalue weighted by atomic mass is 10.1.